The number of likely N-dealkylation sites (tertiary alicyclic amines) is 1. The third-order valence-electron chi connectivity index (χ3n) is 13.5. The van der Waals surface area contributed by atoms with Crippen LogP contribution in [0.3, 0.4) is 0 Å². The summed E-state index contributed by atoms with van der Waals surface area (Å²) in [6, 6.07) is 8.12. The molecule has 18 heteroatoms. The molecule has 1 spiro atoms. The molecule has 6 bridgehead atoms. The number of carbonyl (C=O) groups is 5. The number of amides is 5. The van der Waals surface area contributed by atoms with Gasteiger partial charge in [0.2, 0.25) is 5.91 Å². The van der Waals surface area contributed by atoms with Crippen LogP contribution in [0.4, 0.5) is 4.79 Å². The fourth-order valence-electron chi connectivity index (χ4n) is 10.0. The van der Waals surface area contributed by atoms with E-state index in [1.165, 1.54) is 27.3 Å². The highest BCUT2D eigenvalue weighted by Crippen LogP contribution is 2.42. The van der Waals surface area contributed by atoms with Gasteiger partial charge < -0.3 is 33.5 Å². The van der Waals surface area contributed by atoms with Gasteiger partial charge in [0.1, 0.15) is 23.4 Å². The smallest absolute Gasteiger partial charge is 0.324 e. The molecule has 3 atom stereocenters. The fourth-order valence-corrected chi connectivity index (χ4v) is 10.8. The zero-order chi connectivity index (χ0) is 48.7. The molecule has 8 rings (SSSR count). The molecule has 7 heterocycles. The number of aromatic nitrogens is 3. The Labute approximate surface area is 401 Å². The Balaban J connectivity index is 1.16. The summed E-state index contributed by atoms with van der Waals surface area (Å²) in [5.41, 5.74) is 8.33. The molecule has 4 aliphatic rings. The van der Waals surface area contributed by atoms with Crippen LogP contribution in [0.15, 0.2) is 59.6 Å². The Morgan fingerprint density at radius 3 is 2.60 bits per heavy atom. The Morgan fingerprint density at radius 2 is 1.88 bits per heavy atom. The lowest BCUT2D eigenvalue weighted by molar-refractivity contribution is -0.184. The van der Waals surface area contributed by atoms with Crippen molar-refractivity contribution in [3.05, 3.63) is 70.8 Å². The quantitative estimate of drug-likeness (QED) is 0.165. The summed E-state index contributed by atoms with van der Waals surface area (Å²) in [4.78, 5) is 88.4. The molecule has 362 valence electrons. The van der Waals surface area contributed by atoms with E-state index in [0.29, 0.717) is 56.1 Å². The summed E-state index contributed by atoms with van der Waals surface area (Å²) in [5, 5.41) is 4.89. The fraction of sp³-hybridized carbons (Fsp3) is 0.520. The molecule has 0 saturated carbocycles. The normalized spacial score (nSPS) is 21.0. The number of nitrogens with zero attached hydrogens (tertiary/aromatic N) is 8. The maximum Gasteiger partial charge on any atom is 0.324 e. The minimum Gasteiger partial charge on any atom is -0.464 e. The summed E-state index contributed by atoms with van der Waals surface area (Å²) in [6.45, 7) is 18.1. The summed E-state index contributed by atoms with van der Waals surface area (Å²) in [6.07, 6.45) is 4.21. The van der Waals surface area contributed by atoms with Crippen LogP contribution >= 0.6 is 11.3 Å². The van der Waals surface area contributed by atoms with Crippen LogP contribution < -0.4 is 5.43 Å². The Kier molecular flexibility index (Phi) is 14.1. The Bertz CT molecular complexity index is 2650. The molecule has 3 aromatic heterocycles. The van der Waals surface area contributed by atoms with Crippen LogP contribution in [0.25, 0.3) is 33.4 Å². The molecule has 4 aromatic rings. The van der Waals surface area contributed by atoms with Crippen LogP contribution in [0.2, 0.25) is 0 Å². The van der Waals surface area contributed by atoms with Crippen molar-refractivity contribution in [1.29, 1.82) is 0 Å². The first-order chi connectivity index (χ1) is 32.5. The number of hydrazine groups is 1. The summed E-state index contributed by atoms with van der Waals surface area (Å²) in [5.74, 6) is -2.29. The molecular weight excluding hydrogens is 887 g/mol. The van der Waals surface area contributed by atoms with Crippen molar-refractivity contribution >= 4 is 57.7 Å². The molecule has 0 radical (unpaired) electrons. The lowest BCUT2D eigenvalue weighted by Gasteiger charge is -2.53. The molecule has 17 nitrogen and oxygen atoms in total. The van der Waals surface area contributed by atoms with Crippen LogP contribution in [-0.2, 0) is 52.8 Å². The zero-order valence-electron chi connectivity index (χ0n) is 40.4. The number of thiazole rings is 1. The van der Waals surface area contributed by atoms with E-state index in [1.54, 1.807) is 30.2 Å². The maximum absolute atomic E-state index is 14.6. The molecule has 1 N–H and O–H groups in total. The van der Waals surface area contributed by atoms with E-state index in [2.05, 4.69) is 60.5 Å². The van der Waals surface area contributed by atoms with Crippen LogP contribution in [0, 0.1) is 11.3 Å². The highest BCUT2D eigenvalue weighted by atomic mass is 32.1. The number of fused-ring (bicyclic) bond motifs is 6. The second-order valence-electron chi connectivity index (χ2n) is 19.5. The average Bonchev–Trinajstić information content (AvgIpc) is 3.92. The van der Waals surface area contributed by atoms with E-state index in [9.17, 15) is 24.0 Å². The monoisotopic (exact) mass is 949 g/mol. The molecule has 5 amide bonds. The van der Waals surface area contributed by atoms with Crippen molar-refractivity contribution in [3.63, 3.8) is 0 Å². The Hall–Kier alpha value is -5.82. The standard InChI is InChI=1S/C50H63N9O8S/c1-10-41(60)57-27-50(28-57)26-56(20-21-67-50)48(64)55(8)43(30(3)4)45(61)53-37-23-40-52-38(25-68-40)32-16-17-39-34(22-32)35(44(58(39)11-2)33-14-12-18-51-42(33)31(5)65-9)24-49(6,7)29-66-47(63)36-15-13-19-59(54-36)46(37)62/h10,12,14,16-18,22,25,30-31,36,43,54H,1,11,13,15,19-21,23-24,26-29H2,2-9H3/t31-,36-,43-/m0/s1. The lowest BCUT2D eigenvalue weighted by Crippen LogP contribution is -2.72. The number of esters is 1. The number of aliphatic imine (C=N–C) groups is 1. The van der Waals surface area contributed by atoms with E-state index in [-0.39, 0.29) is 62.4 Å². The van der Waals surface area contributed by atoms with Gasteiger partial charge in [-0.05, 0) is 74.9 Å². The second kappa shape index (κ2) is 19.7. The molecule has 1 aromatic carbocycles. The molecule has 3 saturated heterocycles. The van der Waals surface area contributed by atoms with Crippen LogP contribution in [0.5, 0.6) is 0 Å². The first-order valence-electron chi connectivity index (χ1n) is 23.5. The van der Waals surface area contributed by atoms with Crippen molar-refractivity contribution in [2.45, 2.75) is 97.6 Å². The lowest BCUT2D eigenvalue weighted by atomic mass is 9.84. The van der Waals surface area contributed by atoms with Crippen molar-refractivity contribution < 1.29 is 38.2 Å². The molecule has 0 unspecified atom stereocenters. The molecular formula is C50H63N9O8S. The molecule has 4 aliphatic heterocycles. The molecule has 3 fully saturated rings. The second-order valence-corrected chi connectivity index (χ2v) is 20.4. The van der Waals surface area contributed by atoms with Crippen molar-refractivity contribution in [2.75, 3.05) is 60.1 Å². The van der Waals surface area contributed by atoms with Gasteiger partial charge in [0, 0.05) is 79.2 Å². The number of carbonyl (C=O) groups excluding carboxylic acids is 5. The number of aryl methyl sites for hydroxylation is 1. The predicted molar refractivity (Wildman–Crippen MR) is 259 cm³/mol. The van der Waals surface area contributed by atoms with E-state index in [1.807, 2.05) is 38.3 Å². The zero-order valence-corrected chi connectivity index (χ0v) is 41.2. The number of rotatable bonds is 8. The Morgan fingerprint density at radius 1 is 1.12 bits per heavy atom. The minimum absolute atomic E-state index is 0.0714. The first kappa shape index (κ1) is 48.6. The van der Waals surface area contributed by atoms with Crippen molar-refractivity contribution in [2.24, 2.45) is 16.3 Å². The van der Waals surface area contributed by atoms with Gasteiger partial charge in [0.15, 0.2) is 0 Å². The third kappa shape index (κ3) is 9.60. The average molecular weight is 950 g/mol. The maximum atomic E-state index is 14.6. The number of methoxy groups -OCH3 is 1. The predicted octanol–water partition coefficient (Wildman–Crippen LogP) is 5.86. The molecule has 0 aliphatic carbocycles. The summed E-state index contributed by atoms with van der Waals surface area (Å²) < 4.78 is 20.3. The SMILES string of the molecule is C=CC(=O)N1CC2(C1)CN(C(=O)N(C)[C@H](C(=O)N=C1Cc3nc(cs3)-c3ccc4c(c3)c(c(-c3cccnc3[C@H](C)OC)n4CC)CC(C)(C)COC(=O)[C@@H]3CCCN(N3)C1=O)C(C)C)CCO2. The van der Waals surface area contributed by atoms with Crippen LogP contribution in [0.1, 0.15) is 76.8 Å². The van der Waals surface area contributed by atoms with Crippen molar-refractivity contribution in [3.8, 4) is 22.5 Å². The highest BCUT2D eigenvalue weighted by Gasteiger charge is 2.50. The summed E-state index contributed by atoms with van der Waals surface area (Å²) in [7, 11) is 3.25. The first-order valence-corrected chi connectivity index (χ1v) is 24.4. The highest BCUT2D eigenvalue weighted by molar-refractivity contribution is 7.10. The van der Waals surface area contributed by atoms with E-state index >= 15 is 0 Å². The van der Waals surface area contributed by atoms with Gasteiger partial charge in [-0.2, -0.15) is 0 Å². The van der Waals surface area contributed by atoms with Gasteiger partial charge in [0.25, 0.3) is 11.8 Å². The van der Waals surface area contributed by atoms with Gasteiger partial charge >= 0.3 is 12.0 Å². The number of likely N-dealkylation sites (N-methyl/N-ethyl adjacent to an activating group) is 1. The van der Waals surface area contributed by atoms with Gasteiger partial charge in [0.05, 0.1) is 61.0 Å². The third-order valence-corrected chi connectivity index (χ3v) is 14.4. The van der Waals surface area contributed by atoms with Gasteiger partial charge in [-0.15, -0.1) is 11.3 Å². The number of urea groups is 1. The number of ether oxygens (including phenoxy) is 3. The van der Waals surface area contributed by atoms with Crippen LogP contribution in [-0.4, -0.2) is 147 Å². The largest absolute Gasteiger partial charge is 0.464 e. The van der Waals surface area contributed by atoms with E-state index in [0.717, 1.165) is 39.0 Å². The number of cyclic esters (lactones) is 1. The minimum atomic E-state index is -1.02. The number of hydrogen-bond donors (Lipinski definition) is 1. The number of hydrogen-bond acceptors (Lipinski definition) is 12. The van der Waals surface area contributed by atoms with Crippen molar-refractivity contribution in [1.82, 2.24) is 39.7 Å². The topological polar surface area (TPSA) is 181 Å². The number of morpholine rings is 1. The van der Waals surface area contributed by atoms with E-state index in [4.69, 9.17) is 24.2 Å². The van der Waals surface area contributed by atoms with Gasteiger partial charge in [-0.3, -0.25) is 29.2 Å². The van der Waals surface area contributed by atoms with E-state index < -0.39 is 40.9 Å². The van der Waals surface area contributed by atoms with Gasteiger partial charge in [-0.25, -0.2) is 20.2 Å². The molecule has 68 heavy (non-hydrogen) atoms. The number of pyridine rings is 1. The van der Waals surface area contributed by atoms with Gasteiger partial charge in [-0.1, -0.05) is 40.3 Å². The number of nitrogens with one attached hydrogen (secondary N) is 1. The number of benzene rings is 1. The summed E-state index contributed by atoms with van der Waals surface area (Å²) >= 11 is 1.36.